The van der Waals surface area contributed by atoms with E-state index in [0.29, 0.717) is 12.5 Å². The van der Waals surface area contributed by atoms with Crippen LogP contribution in [0.4, 0.5) is 0 Å². The van der Waals surface area contributed by atoms with Crippen LogP contribution in [0.3, 0.4) is 0 Å². The van der Waals surface area contributed by atoms with Gasteiger partial charge in [-0.2, -0.15) is 0 Å². The summed E-state index contributed by atoms with van der Waals surface area (Å²) < 4.78 is 9.39. The highest BCUT2D eigenvalue weighted by Crippen LogP contribution is 2.26. The molecule has 4 nitrogen and oxygen atoms in total. The molecular formula is C20H23N3OS. The lowest BCUT2D eigenvalue weighted by Crippen LogP contribution is -2.27. The van der Waals surface area contributed by atoms with Crippen molar-refractivity contribution >= 4 is 22.9 Å². The molecule has 2 aromatic carbocycles. The molecule has 1 N–H and O–H groups in total. The zero-order chi connectivity index (χ0) is 17.8. The summed E-state index contributed by atoms with van der Waals surface area (Å²) in [6.07, 6.45) is 1.55. The molecule has 3 aromatic rings. The lowest BCUT2D eigenvalue weighted by molar-refractivity contribution is 0.282. The second-order valence-electron chi connectivity index (χ2n) is 6.36. The first-order chi connectivity index (χ1) is 12.0. The number of ether oxygens (including phenoxy) is 1. The molecule has 0 spiro atoms. The Kier molecular flexibility index (Phi) is 5.56. The van der Waals surface area contributed by atoms with Gasteiger partial charge in [-0.05, 0) is 62.9 Å². The minimum absolute atomic E-state index is 0.179. The number of para-hydroxylation sites is 1. The summed E-state index contributed by atoms with van der Waals surface area (Å²) in [4.78, 5) is 9.81. The van der Waals surface area contributed by atoms with Gasteiger partial charge in [-0.3, -0.25) is 4.72 Å². The third-order valence-electron chi connectivity index (χ3n) is 3.94. The Hall–Kier alpha value is -2.11. The molecule has 1 unspecified atom stereocenters. The van der Waals surface area contributed by atoms with Crippen molar-refractivity contribution in [3.63, 3.8) is 0 Å². The summed E-state index contributed by atoms with van der Waals surface area (Å²) in [5.41, 5.74) is 4.79. The van der Waals surface area contributed by atoms with Crippen molar-refractivity contribution in [1.82, 2.24) is 14.7 Å². The number of rotatable bonds is 6. The van der Waals surface area contributed by atoms with Gasteiger partial charge >= 0.3 is 0 Å². The van der Waals surface area contributed by atoms with Crippen molar-refractivity contribution in [3.05, 3.63) is 59.4 Å². The smallest absolute Gasteiger partial charge is 0.224 e. The monoisotopic (exact) mass is 353 g/mol. The Balaban J connectivity index is 1.61. The fourth-order valence-electron chi connectivity index (χ4n) is 2.82. The molecule has 1 atom stereocenters. The lowest BCUT2D eigenvalue weighted by Gasteiger charge is -2.17. The predicted octanol–water partition coefficient (Wildman–Crippen LogP) is 4.62. The van der Waals surface area contributed by atoms with Crippen LogP contribution in [0.5, 0.6) is 5.88 Å². The molecule has 25 heavy (non-hydrogen) atoms. The number of nitrogens with one attached hydrogen (secondary N) is 1. The van der Waals surface area contributed by atoms with E-state index in [1.54, 1.807) is 18.3 Å². The highest BCUT2D eigenvalue weighted by atomic mass is 32.2. The summed E-state index contributed by atoms with van der Waals surface area (Å²) >= 11 is 1.67. The van der Waals surface area contributed by atoms with Gasteiger partial charge < -0.3 is 4.74 Å². The molecule has 0 amide bonds. The molecular weight excluding hydrogens is 330 g/mol. The Morgan fingerprint density at radius 2 is 1.80 bits per heavy atom. The number of hydrogen-bond acceptors (Lipinski definition) is 5. The molecule has 1 aromatic heterocycles. The molecule has 1 heterocycles. The molecule has 5 heteroatoms. The minimum atomic E-state index is 0.179. The highest BCUT2D eigenvalue weighted by molar-refractivity contribution is 7.97. The molecule has 0 aliphatic rings. The van der Waals surface area contributed by atoms with E-state index in [0.717, 1.165) is 10.9 Å². The Morgan fingerprint density at radius 1 is 1.08 bits per heavy atom. The zero-order valence-corrected chi connectivity index (χ0v) is 15.9. The minimum Gasteiger partial charge on any atom is -0.475 e. The van der Waals surface area contributed by atoms with E-state index in [9.17, 15) is 0 Å². The maximum Gasteiger partial charge on any atom is 0.224 e. The highest BCUT2D eigenvalue weighted by Gasteiger charge is 2.10. The summed E-state index contributed by atoms with van der Waals surface area (Å²) in [6, 6.07) is 12.5. The van der Waals surface area contributed by atoms with Crippen LogP contribution in [0.2, 0.25) is 0 Å². The van der Waals surface area contributed by atoms with Crippen molar-refractivity contribution in [3.8, 4) is 5.88 Å². The normalized spacial score (nSPS) is 12.3. The SMILES string of the molecule is Cc1cc(C)c(SNC(C)COc2ncnc3ccccc23)c(C)c1. The average Bonchev–Trinajstić information content (AvgIpc) is 2.59. The van der Waals surface area contributed by atoms with Crippen LogP contribution in [-0.4, -0.2) is 22.6 Å². The maximum absolute atomic E-state index is 5.92. The van der Waals surface area contributed by atoms with Gasteiger partial charge in [0.05, 0.1) is 10.9 Å². The molecule has 0 saturated carbocycles. The fourth-order valence-corrected chi connectivity index (χ4v) is 3.65. The third kappa shape index (κ3) is 4.30. The summed E-state index contributed by atoms with van der Waals surface area (Å²) in [5.74, 6) is 0.631. The second-order valence-corrected chi connectivity index (χ2v) is 7.20. The molecule has 0 fully saturated rings. The first-order valence-corrected chi connectivity index (χ1v) is 9.19. The second kappa shape index (κ2) is 7.85. The van der Waals surface area contributed by atoms with Gasteiger partial charge in [-0.25, -0.2) is 9.97 Å². The number of hydrogen-bond donors (Lipinski definition) is 1. The number of nitrogens with zero attached hydrogens (tertiary/aromatic N) is 2. The summed E-state index contributed by atoms with van der Waals surface area (Å²) in [6.45, 7) is 9.08. The van der Waals surface area contributed by atoms with Crippen LogP contribution < -0.4 is 9.46 Å². The first-order valence-electron chi connectivity index (χ1n) is 8.37. The average molecular weight is 353 g/mol. The fraction of sp³-hybridized carbons (Fsp3) is 0.300. The van der Waals surface area contributed by atoms with Crippen molar-refractivity contribution in [1.29, 1.82) is 0 Å². The summed E-state index contributed by atoms with van der Waals surface area (Å²) in [7, 11) is 0. The van der Waals surface area contributed by atoms with Crippen LogP contribution in [0.25, 0.3) is 10.9 Å². The number of aromatic nitrogens is 2. The van der Waals surface area contributed by atoms with Crippen LogP contribution in [0, 0.1) is 20.8 Å². The molecule has 0 aliphatic carbocycles. The Morgan fingerprint density at radius 3 is 2.56 bits per heavy atom. The van der Waals surface area contributed by atoms with Crippen LogP contribution in [0.1, 0.15) is 23.6 Å². The van der Waals surface area contributed by atoms with E-state index in [2.05, 4.69) is 54.5 Å². The molecule has 0 radical (unpaired) electrons. The topological polar surface area (TPSA) is 47.0 Å². The number of fused-ring (bicyclic) bond motifs is 1. The lowest BCUT2D eigenvalue weighted by atomic mass is 10.1. The van der Waals surface area contributed by atoms with Crippen molar-refractivity contribution in [2.45, 2.75) is 38.6 Å². The van der Waals surface area contributed by atoms with Crippen molar-refractivity contribution in [2.75, 3.05) is 6.61 Å². The quantitative estimate of drug-likeness (QED) is 0.655. The zero-order valence-electron chi connectivity index (χ0n) is 15.0. The molecule has 0 saturated heterocycles. The van der Waals surface area contributed by atoms with Gasteiger partial charge in [0.25, 0.3) is 0 Å². The van der Waals surface area contributed by atoms with Crippen LogP contribution >= 0.6 is 11.9 Å². The molecule has 0 bridgehead atoms. The first kappa shape index (κ1) is 17.7. The van der Waals surface area contributed by atoms with E-state index in [4.69, 9.17) is 4.74 Å². The van der Waals surface area contributed by atoms with Crippen LogP contribution in [0.15, 0.2) is 47.6 Å². The third-order valence-corrected chi connectivity index (χ3v) is 5.31. The Labute approximate surface area is 153 Å². The van der Waals surface area contributed by atoms with Gasteiger partial charge in [0.15, 0.2) is 0 Å². The maximum atomic E-state index is 5.92. The van der Waals surface area contributed by atoms with Gasteiger partial charge in [-0.15, -0.1) is 0 Å². The number of aryl methyl sites for hydroxylation is 3. The largest absolute Gasteiger partial charge is 0.475 e. The van der Waals surface area contributed by atoms with E-state index >= 15 is 0 Å². The summed E-state index contributed by atoms with van der Waals surface area (Å²) in [5, 5.41) is 0.940. The van der Waals surface area contributed by atoms with E-state index < -0.39 is 0 Å². The van der Waals surface area contributed by atoms with Gasteiger partial charge in [0, 0.05) is 10.9 Å². The Bertz CT molecular complexity index is 853. The van der Waals surface area contributed by atoms with E-state index in [-0.39, 0.29) is 6.04 Å². The van der Waals surface area contributed by atoms with Gasteiger partial charge in [0.1, 0.15) is 12.9 Å². The van der Waals surface area contributed by atoms with Crippen molar-refractivity contribution in [2.24, 2.45) is 0 Å². The standard InChI is InChI=1S/C20H23N3OS/c1-13-9-14(2)19(15(3)10-13)25-23-16(4)11-24-20-17-7-5-6-8-18(17)21-12-22-20/h5-10,12,16,23H,11H2,1-4H3. The molecule has 130 valence electrons. The van der Waals surface area contributed by atoms with Gasteiger partial charge in [0.2, 0.25) is 5.88 Å². The van der Waals surface area contributed by atoms with Crippen LogP contribution in [-0.2, 0) is 0 Å². The predicted molar refractivity (Wildman–Crippen MR) is 104 cm³/mol. The van der Waals surface area contributed by atoms with Gasteiger partial charge in [-0.1, -0.05) is 29.8 Å². The van der Waals surface area contributed by atoms with Crippen molar-refractivity contribution < 1.29 is 4.74 Å². The van der Waals surface area contributed by atoms with E-state index in [1.807, 2.05) is 24.3 Å². The van der Waals surface area contributed by atoms with E-state index in [1.165, 1.54) is 21.6 Å². The number of benzene rings is 2. The molecule has 3 rings (SSSR count). The molecule has 0 aliphatic heterocycles.